The molecule has 2 saturated heterocycles. The summed E-state index contributed by atoms with van der Waals surface area (Å²) in [6.45, 7) is 6.48. The smallest absolute Gasteiger partial charge is 0.243 e. The highest BCUT2D eigenvalue weighted by atomic mass is 16.2. The summed E-state index contributed by atoms with van der Waals surface area (Å²) < 4.78 is 0. The van der Waals surface area contributed by atoms with Crippen LogP contribution in [0.5, 0.6) is 0 Å². The Morgan fingerprint density at radius 2 is 1.87 bits per heavy atom. The predicted molar refractivity (Wildman–Crippen MR) is 124 cm³/mol. The summed E-state index contributed by atoms with van der Waals surface area (Å²) >= 11 is 0. The summed E-state index contributed by atoms with van der Waals surface area (Å²) in [4.78, 5) is 25.6. The molecule has 7 heteroatoms. The fraction of sp³-hybridized carbons (Fsp3) is 0.652. The Balaban J connectivity index is 1.52. The minimum atomic E-state index is 0.0356. The van der Waals surface area contributed by atoms with E-state index in [2.05, 4.69) is 56.3 Å². The van der Waals surface area contributed by atoms with Gasteiger partial charge in [0.1, 0.15) is 6.54 Å². The molecule has 0 bridgehead atoms. The van der Waals surface area contributed by atoms with Crippen molar-refractivity contribution in [3.8, 4) is 0 Å². The number of amides is 1. The first-order valence-corrected chi connectivity index (χ1v) is 11.3. The Bertz CT molecular complexity index is 686. The average molecular weight is 415 g/mol. The van der Waals surface area contributed by atoms with Crippen molar-refractivity contribution < 1.29 is 4.79 Å². The van der Waals surface area contributed by atoms with Gasteiger partial charge in [-0.2, -0.15) is 0 Å². The van der Waals surface area contributed by atoms with Crippen LogP contribution in [0.4, 0.5) is 5.69 Å². The van der Waals surface area contributed by atoms with Crippen molar-refractivity contribution in [3.63, 3.8) is 0 Å². The molecular formula is C23H38N6O. The molecule has 2 fully saturated rings. The Morgan fingerprint density at radius 1 is 1.13 bits per heavy atom. The number of guanidine groups is 1. The summed E-state index contributed by atoms with van der Waals surface area (Å²) in [7, 11) is 5.69. The molecule has 0 spiro atoms. The number of aliphatic imine (C=N–C) groups is 1. The maximum absolute atomic E-state index is 12.1. The molecule has 1 N–H and O–H groups in total. The number of carbonyl (C=O) groups is 1. The van der Waals surface area contributed by atoms with Crippen LogP contribution in [0.3, 0.4) is 0 Å². The lowest BCUT2D eigenvalue weighted by Crippen LogP contribution is -2.44. The zero-order valence-corrected chi connectivity index (χ0v) is 18.9. The summed E-state index contributed by atoms with van der Waals surface area (Å²) in [6, 6.07) is 11.1. The molecule has 166 valence electrons. The number of nitrogens with one attached hydrogen (secondary N) is 1. The minimum absolute atomic E-state index is 0.0356. The second-order valence-corrected chi connectivity index (χ2v) is 8.60. The number of likely N-dealkylation sites (N-methyl/N-ethyl adjacent to an activating group) is 1. The fourth-order valence-electron chi connectivity index (χ4n) is 4.22. The van der Waals surface area contributed by atoms with Gasteiger partial charge in [-0.15, -0.1) is 0 Å². The second kappa shape index (κ2) is 11.2. The molecule has 1 aromatic carbocycles. The van der Waals surface area contributed by atoms with Gasteiger partial charge in [0.05, 0.1) is 0 Å². The number of benzene rings is 1. The van der Waals surface area contributed by atoms with Gasteiger partial charge in [-0.05, 0) is 50.9 Å². The van der Waals surface area contributed by atoms with Crippen LogP contribution >= 0.6 is 0 Å². The third-order valence-corrected chi connectivity index (χ3v) is 6.13. The van der Waals surface area contributed by atoms with Crippen LogP contribution in [0.1, 0.15) is 25.7 Å². The normalized spacial score (nSPS) is 19.9. The first-order chi connectivity index (χ1) is 14.5. The topological polar surface area (TPSA) is 54.4 Å². The summed E-state index contributed by atoms with van der Waals surface area (Å²) in [5, 5.41) is 3.53. The van der Waals surface area contributed by atoms with Gasteiger partial charge in [0.2, 0.25) is 5.91 Å². The quantitative estimate of drug-likeness (QED) is 0.399. The number of hydrogen-bond acceptors (Lipinski definition) is 4. The standard InChI is InChI=1S/C23H38N6O/c1-26(2)22(30)18-25-23(29-17-12-21(19-29)28-15-7-8-16-28)24-13-9-14-27(3)20-10-5-4-6-11-20/h4-6,10-11,21H,7-9,12-19H2,1-3H3,(H,24,25). The van der Waals surface area contributed by atoms with Crippen LogP contribution in [0.25, 0.3) is 0 Å². The summed E-state index contributed by atoms with van der Waals surface area (Å²) in [5.74, 6) is 0.919. The van der Waals surface area contributed by atoms with E-state index >= 15 is 0 Å². The Hall–Kier alpha value is -2.28. The molecular weight excluding hydrogens is 376 g/mol. The molecule has 1 atom stereocenters. The van der Waals surface area contributed by atoms with Gasteiger partial charge in [-0.25, -0.2) is 4.99 Å². The number of hydrogen-bond donors (Lipinski definition) is 1. The van der Waals surface area contributed by atoms with Crippen molar-refractivity contribution in [3.05, 3.63) is 30.3 Å². The third kappa shape index (κ3) is 6.36. The highest BCUT2D eigenvalue weighted by Gasteiger charge is 2.30. The van der Waals surface area contributed by atoms with Crippen molar-refractivity contribution in [2.45, 2.75) is 31.7 Å². The van der Waals surface area contributed by atoms with Gasteiger partial charge in [0.15, 0.2) is 5.96 Å². The molecule has 1 aromatic rings. The molecule has 2 aliphatic rings. The summed E-state index contributed by atoms with van der Waals surface area (Å²) in [6.07, 6.45) is 4.83. The van der Waals surface area contributed by atoms with E-state index in [1.165, 1.54) is 38.0 Å². The van der Waals surface area contributed by atoms with E-state index in [1.54, 1.807) is 19.0 Å². The van der Waals surface area contributed by atoms with Gasteiger partial charge < -0.3 is 20.0 Å². The average Bonchev–Trinajstić information content (AvgIpc) is 3.45. The van der Waals surface area contributed by atoms with E-state index in [-0.39, 0.29) is 12.5 Å². The fourth-order valence-corrected chi connectivity index (χ4v) is 4.22. The lowest BCUT2D eigenvalue weighted by molar-refractivity contribution is -0.127. The highest BCUT2D eigenvalue weighted by Crippen LogP contribution is 2.20. The van der Waals surface area contributed by atoms with Crippen molar-refractivity contribution in [2.75, 3.05) is 71.9 Å². The number of carbonyl (C=O) groups excluding carboxylic acids is 1. The van der Waals surface area contributed by atoms with E-state index in [4.69, 9.17) is 0 Å². The minimum Gasteiger partial charge on any atom is -0.375 e. The van der Waals surface area contributed by atoms with Crippen LogP contribution in [-0.4, -0.2) is 99.6 Å². The van der Waals surface area contributed by atoms with Gasteiger partial charge in [0.25, 0.3) is 0 Å². The maximum atomic E-state index is 12.1. The molecule has 3 rings (SSSR count). The number of likely N-dealkylation sites (tertiary alicyclic amines) is 2. The molecule has 0 aromatic heterocycles. The van der Waals surface area contributed by atoms with Gasteiger partial charge in [-0.3, -0.25) is 9.69 Å². The molecule has 0 radical (unpaired) electrons. The number of anilines is 1. The Kier molecular flexibility index (Phi) is 8.37. The molecule has 1 unspecified atom stereocenters. The highest BCUT2D eigenvalue weighted by molar-refractivity contribution is 5.85. The molecule has 0 saturated carbocycles. The zero-order chi connectivity index (χ0) is 21.3. The van der Waals surface area contributed by atoms with Crippen LogP contribution in [-0.2, 0) is 4.79 Å². The first-order valence-electron chi connectivity index (χ1n) is 11.3. The van der Waals surface area contributed by atoms with E-state index in [9.17, 15) is 4.79 Å². The van der Waals surface area contributed by atoms with E-state index < -0.39 is 0 Å². The van der Waals surface area contributed by atoms with Crippen LogP contribution in [0, 0.1) is 0 Å². The number of para-hydroxylation sites is 1. The van der Waals surface area contributed by atoms with Gasteiger partial charge in [0, 0.05) is 59.1 Å². The zero-order valence-electron chi connectivity index (χ0n) is 18.9. The van der Waals surface area contributed by atoms with Gasteiger partial charge in [-0.1, -0.05) is 18.2 Å². The predicted octanol–water partition coefficient (Wildman–Crippen LogP) is 1.72. The SMILES string of the molecule is CN(C)C(=O)CN=C(NCCCN(C)c1ccccc1)N1CCC(N2CCCC2)C1. The number of rotatable bonds is 8. The largest absolute Gasteiger partial charge is 0.375 e. The maximum Gasteiger partial charge on any atom is 0.243 e. The monoisotopic (exact) mass is 414 g/mol. The molecule has 0 aliphatic carbocycles. The van der Waals surface area contributed by atoms with E-state index in [0.717, 1.165) is 38.6 Å². The summed E-state index contributed by atoms with van der Waals surface area (Å²) in [5.41, 5.74) is 1.23. The third-order valence-electron chi connectivity index (χ3n) is 6.13. The molecule has 7 nitrogen and oxygen atoms in total. The Labute approximate surface area is 181 Å². The lowest BCUT2D eigenvalue weighted by Gasteiger charge is -2.26. The molecule has 30 heavy (non-hydrogen) atoms. The van der Waals surface area contributed by atoms with Crippen LogP contribution in [0.2, 0.25) is 0 Å². The van der Waals surface area contributed by atoms with E-state index in [0.29, 0.717) is 6.04 Å². The second-order valence-electron chi connectivity index (χ2n) is 8.60. The van der Waals surface area contributed by atoms with Crippen LogP contribution in [0.15, 0.2) is 35.3 Å². The van der Waals surface area contributed by atoms with Crippen LogP contribution < -0.4 is 10.2 Å². The van der Waals surface area contributed by atoms with Crippen molar-refractivity contribution in [1.29, 1.82) is 0 Å². The van der Waals surface area contributed by atoms with E-state index in [1.807, 2.05) is 6.07 Å². The van der Waals surface area contributed by atoms with Crippen molar-refractivity contribution >= 4 is 17.6 Å². The van der Waals surface area contributed by atoms with Gasteiger partial charge >= 0.3 is 0 Å². The lowest BCUT2D eigenvalue weighted by atomic mass is 10.2. The Morgan fingerprint density at radius 3 is 2.57 bits per heavy atom. The molecule has 1 amide bonds. The molecule has 2 heterocycles. The number of nitrogens with zero attached hydrogens (tertiary/aromatic N) is 5. The first kappa shape index (κ1) is 22.4. The van der Waals surface area contributed by atoms with Crippen molar-refractivity contribution in [2.24, 2.45) is 4.99 Å². The molecule has 2 aliphatic heterocycles. The van der Waals surface area contributed by atoms with Crippen molar-refractivity contribution in [1.82, 2.24) is 20.0 Å².